The lowest BCUT2D eigenvalue weighted by molar-refractivity contribution is -0.122. The van der Waals surface area contributed by atoms with Gasteiger partial charge in [-0.3, -0.25) is 9.78 Å². The maximum atomic E-state index is 13.0. The minimum Gasteiger partial charge on any atom is -0.347 e. The Morgan fingerprint density at radius 3 is 1.88 bits per heavy atom. The fourth-order valence-electron chi connectivity index (χ4n) is 2.79. The molecule has 3 nitrogen and oxygen atoms in total. The summed E-state index contributed by atoms with van der Waals surface area (Å²) in [6.45, 7) is 1.95. The summed E-state index contributed by atoms with van der Waals surface area (Å²) in [5.74, 6) is -0.357. The van der Waals surface area contributed by atoms with Crippen LogP contribution in [0.4, 0.5) is 0 Å². The Kier molecular flexibility index (Phi) is 5.02. The second kappa shape index (κ2) is 7.55. The van der Waals surface area contributed by atoms with E-state index in [-0.39, 0.29) is 17.9 Å². The second-order valence-corrected chi connectivity index (χ2v) is 5.74. The van der Waals surface area contributed by atoms with Crippen molar-refractivity contribution in [1.29, 1.82) is 0 Å². The molecule has 0 saturated heterocycles. The van der Waals surface area contributed by atoms with Gasteiger partial charge in [-0.25, -0.2) is 0 Å². The normalized spacial score (nSPS) is 11.9. The molecule has 1 amide bonds. The predicted octanol–water partition coefficient (Wildman–Crippen LogP) is 4.09. The number of carbonyl (C=O) groups is 1. The Balaban J connectivity index is 1.87. The topological polar surface area (TPSA) is 42.0 Å². The zero-order chi connectivity index (χ0) is 16.8. The average Bonchev–Trinajstić information content (AvgIpc) is 2.64. The van der Waals surface area contributed by atoms with E-state index in [9.17, 15) is 4.79 Å². The van der Waals surface area contributed by atoms with Crippen LogP contribution in [0, 0.1) is 0 Å². The molecule has 24 heavy (non-hydrogen) atoms. The lowest BCUT2D eigenvalue weighted by atomic mass is 9.90. The first kappa shape index (κ1) is 15.9. The van der Waals surface area contributed by atoms with Crippen molar-refractivity contribution in [2.45, 2.75) is 18.9 Å². The highest BCUT2D eigenvalue weighted by Gasteiger charge is 2.24. The molecule has 0 fully saturated rings. The zero-order valence-electron chi connectivity index (χ0n) is 13.6. The Morgan fingerprint density at radius 1 is 0.833 bits per heavy atom. The molecule has 3 aromatic rings. The van der Waals surface area contributed by atoms with Crippen LogP contribution in [-0.4, -0.2) is 10.9 Å². The van der Waals surface area contributed by atoms with E-state index in [1.54, 1.807) is 6.20 Å². The summed E-state index contributed by atoms with van der Waals surface area (Å²) in [5, 5.41) is 3.09. The third kappa shape index (κ3) is 3.69. The summed E-state index contributed by atoms with van der Waals surface area (Å²) in [5.41, 5.74) is 2.81. The van der Waals surface area contributed by atoms with Crippen LogP contribution in [0.5, 0.6) is 0 Å². The van der Waals surface area contributed by atoms with Crippen LogP contribution in [-0.2, 0) is 4.79 Å². The Morgan fingerprint density at radius 2 is 1.38 bits per heavy atom. The van der Waals surface area contributed by atoms with E-state index in [0.717, 1.165) is 16.8 Å². The largest absolute Gasteiger partial charge is 0.347 e. The van der Waals surface area contributed by atoms with E-state index in [4.69, 9.17) is 0 Å². The quantitative estimate of drug-likeness (QED) is 0.770. The molecule has 0 radical (unpaired) electrons. The van der Waals surface area contributed by atoms with Crippen molar-refractivity contribution in [3.05, 3.63) is 102 Å². The minimum absolute atomic E-state index is 0.0226. The molecule has 0 bridgehead atoms. The Hall–Kier alpha value is -2.94. The van der Waals surface area contributed by atoms with Crippen LogP contribution in [0.1, 0.15) is 35.7 Å². The molecule has 2 aromatic carbocycles. The van der Waals surface area contributed by atoms with Gasteiger partial charge >= 0.3 is 0 Å². The number of nitrogens with zero attached hydrogens (tertiary/aromatic N) is 1. The second-order valence-electron chi connectivity index (χ2n) is 5.74. The van der Waals surface area contributed by atoms with Crippen LogP contribution in [0.25, 0.3) is 0 Å². The number of hydrogen-bond donors (Lipinski definition) is 1. The molecule has 1 unspecified atom stereocenters. The molecule has 0 aliphatic carbocycles. The molecule has 3 rings (SSSR count). The van der Waals surface area contributed by atoms with E-state index >= 15 is 0 Å². The maximum absolute atomic E-state index is 13.0. The predicted molar refractivity (Wildman–Crippen MR) is 95.5 cm³/mol. The first-order chi connectivity index (χ1) is 11.8. The van der Waals surface area contributed by atoms with Gasteiger partial charge in [0, 0.05) is 6.20 Å². The fourth-order valence-corrected chi connectivity index (χ4v) is 2.79. The minimum atomic E-state index is -0.335. The van der Waals surface area contributed by atoms with Crippen LogP contribution in [0.2, 0.25) is 0 Å². The number of benzene rings is 2. The van der Waals surface area contributed by atoms with Gasteiger partial charge in [0.25, 0.3) is 0 Å². The van der Waals surface area contributed by atoms with Gasteiger partial charge < -0.3 is 5.32 Å². The molecule has 1 heterocycles. The van der Waals surface area contributed by atoms with Gasteiger partial charge in [0.15, 0.2) is 0 Å². The number of aromatic nitrogens is 1. The zero-order valence-corrected chi connectivity index (χ0v) is 13.6. The van der Waals surface area contributed by atoms with Crippen molar-refractivity contribution in [3.8, 4) is 0 Å². The lowest BCUT2D eigenvalue weighted by Crippen LogP contribution is -2.32. The van der Waals surface area contributed by atoms with E-state index in [0.29, 0.717) is 0 Å². The Labute approximate surface area is 142 Å². The van der Waals surface area contributed by atoms with Gasteiger partial charge in [0.05, 0.1) is 17.7 Å². The Bertz CT molecular complexity index is 733. The average molecular weight is 316 g/mol. The molecular formula is C21H20N2O. The highest BCUT2D eigenvalue weighted by Crippen LogP contribution is 2.25. The van der Waals surface area contributed by atoms with E-state index in [1.165, 1.54) is 0 Å². The van der Waals surface area contributed by atoms with Crippen LogP contribution in [0.15, 0.2) is 85.1 Å². The van der Waals surface area contributed by atoms with Gasteiger partial charge in [-0.15, -0.1) is 0 Å². The van der Waals surface area contributed by atoms with Gasteiger partial charge in [0.2, 0.25) is 5.91 Å². The molecular weight excluding hydrogens is 296 g/mol. The van der Waals surface area contributed by atoms with E-state index in [2.05, 4.69) is 10.3 Å². The first-order valence-corrected chi connectivity index (χ1v) is 8.07. The van der Waals surface area contributed by atoms with Crippen molar-refractivity contribution in [1.82, 2.24) is 10.3 Å². The standard InChI is InChI=1S/C21H20N2O/c1-16(19-14-8-9-15-22-19)23-21(24)20(17-10-4-2-5-11-17)18-12-6-3-7-13-18/h2-16,20H,1H3,(H,23,24). The first-order valence-electron chi connectivity index (χ1n) is 8.07. The molecule has 0 aliphatic rings. The summed E-state index contributed by atoms with van der Waals surface area (Å²) in [4.78, 5) is 17.3. The summed E-state index contributed by atoms with van der Waals surface area (Å²) >= 11 is 0. The number of pyridine rings is 1. The summed E-state index contributed by atoms with van der Waals surface area (Å²) in [7, 11) is 0. The third-order valence-electron chi connectivity index (χ3n) is 4.02. The number of rotatable bonds is 5. The highest BCUT2D eigenvalue weighted by molar-refractivity contribution is 5.87. The molecule has 0 saturated carbocycles. The van der Waals surface area contributed by atoms with E-state index in [1.807, 2.05) is 85.8 Å². The van der Waals surface area contributed by atoms with Gasteiger partial charge in [-0.05, 0) is 30.2 Å². The van der Waals surface area contributed by atoms with Crippen molar-refractivity contribution in [2.75, 3.05) is 0 Å². The smallest absolute Gasteiger partial charge is 0.232 e. The lowest BCUT2D eigenvalue weighted by Gasteiger charge is -2.21. The van der Waals surface area contributed by atoms with Gasteiger partial charge in [-0.2, -0.15) is 0 Å². The van der Waals surface area contributed by atoms with Crippen LogP contribution < -0.4 is 5.32 Å². The molecule has 1 atom stereocenters. The van der Waals surface area contributed by atoms with Crippen molar-refractivity contribution in [3.63, 3.8) is 0 Å². The van der Waals surface area contributed by atoms with Crippen LogP contribution >= 0.6 is 0 Å². The molecule has 1 N–H and O–H groups in total. The molecule has 0 aliphatic heterocycles. The van der Waals surface area contributed by atoms with Gasteiger partial charge in [-0.1, -0.05) is 66.7 Å². The maximum Gasteiger partial charge on any atom is 0.232 e. The SMILES string of the molecule is CC(NC(=O)C(c1ccccc1)c1ccccc1)c1ccccn1. The van der Waals surface area contributed by atoms with Gasteiger partial charge in [0.1, 0.15) is 0 Å². The monoisotopic (exact) mass is 316 g/mol. The number of carbonyl (C=O) groups excluding carboxylic acids is 1. The van der Waals surface area contributed by atoms with Crippen LogP contribution in [0.3, 0.4) is 0 Å². The third-order valence-corrected chi connectivity index (χ3v) is 4.02. The number of hydrogen-bond acceptors (Lipinski definition) is 2. The summed E-state index contributed by atoms with van der Waals surface area (Å²) < 4.78 is 0. The van der Waals surface area contributed by atoms with E-state index < -0.39 is 0 Å². The highest BCUT2D eigenvalue weighted by atomic mass is 16.1. The molecule has 0 spiro atoms. The van der Waals surface area contributed by atoms with Crippen molar-refractivity contribution >= 4 is 5.91 Å². The fraction of sp³-hybridized carbons (Fsp3) is 0.143. The summed E-state index contributed by atoms with van der Waals surface area (Å²) in [6.07, 6.45) is 1.74. The molecule has 3 heteroatoms. The van der Waals surface area contributed by atoms with Crippen molar-refractivity contribution < 1.29 is 4.79 Å². The molecule has 120 valence electrons. The van der Waals surface area contributed by atoms with Crippen molar-refractivity contribution in [2.24, 2.45) is 0 Å². The number of amides is 1. The molecule has 1 aromatic heterocycles. The number of nitrogens with one attached hydrogen (secondary N) is 1. The summed E-state index contributed by atoms with van der Waals surface area (Å²) in [6, 6.07) is 25.3.